The first kappa shape index (κ1) is 20.5. The van der Waals surface area contributed by atoms with Gasteiger partial charge in [0.05, 0.1) is 0 Å². The highest BCUT2D eigenvalue weighted by molar-refractivity contribution is 5.91. The van der Waals surface area contributed by atoms with E-state index in [-0.39, 0.29) is 24.7 Å². The number of hydrogen-bond donors (Lipinski definition) is 2. The van der Waals surface area contributed by atoms with Crippen molar-refractivity contribution in [1.82, 2.24) is 29.7 Å². The zero-order valence-corrected chi connectivity index (χ0v) is 15.1. The highest BCUT2D eigenvalue weighted by Crippen LogP contribution is 2.10. The van der Waals surface area contributed by atoms with Crippen LogP contribution < -0.4 is 10.6 Å². The van der Waals surface area contributed by atoms with Gasteiger partial charge in [0, 0.05) is 27.2 Å². The first-order valence-electron chi connectivity index (χ1n) is 8.12. The zero-order valence-electron chi connectivity index (χ0n) is 15.1. The third-order valence-electron chi connectivity index (χ3n) is 3.68. The number of nitro groups is 2. The summed E-state index contributed by atoms with van der Waals surface area (Å²) in [6.45, 7) is 0.562. The van der Waals surface area contributed by atoms with E-state index in [0.29, 0.717) is 12.8 Å². The molecule has 28 heavy (non-hydrogen) atoms. The Morgan fingerprint density at radius 3 is 1.54 bits per heavy atom. The van der Waals surface area contributed by atoms with E-state index in [9.17, 15) is 29.8 Å². The third kappa shape index (κ3) is 4.87. The second-order valence-corrected chi connectivity index (χ2v) is 5.80. The second kappa shape index (κ2) is 8.70. The van der Waals surface area contributed by atoms with Crippen LogP contribution in [0.5, 0.6) is 0 Å². The number of imidazole rings is 2. The SMILES string of the molecule is Cn1cc([N+](=O)[O-])nc1C(=O)NCCCCNC(=O)c1nc([N+](=O)[O-])cn1C. The third-order valence-corrected chi connectivity index (χ3v) is 3.68. The molecule has 0 aromatic carbocycles. The van der Waals surface area contributed by atoms with Crippen molar-refractivity contribution in [3.63, 3.8) is 0 Å². The van der Waals surface area contributed by atoms with Gasteiger partial charge in [-0.25, -0.2) is 0 Å². The predicted octanol–water partition coefficient (Wildman–Crippen LogP) is -0.0900. The summed E-state index contributed by atoms with van der Waals surface area (Å²) in [5, 5.41) is 26.5. The standard InChI is InChI=1S/C14H18N8O6/c1-19-7-9(21(25)26)17-11(19)13(23)15-5-3-4-6-16-14(24)12-18-10(22(27)28)8-20(12)2/h7-8H,3-6H2,1-2H3,(H,15,23)(H,16,24). The van der Waals surface area contributed by atoms with E-state index < -0.39 is 33.3 Å². The molecule has 0 fully saturated rings. The highest BCUT2D eigenvalue weighted by atomic mass is 16.6. The Morgan fingerprint density at radius 2 is 1.25 bits per heavy atom. The van der Waals surface area contributed by atoms with Crippen molar-refractivity contribution in [1.29, 1.82) is 0 Å². The minimum absolute atomic E-state index is 0.0728. The Morgan fingerprint density at radius 1 is 0.893 bits per heavy atom. The number of nitrogens with zero attached hydrogens (tertiary/aromatic N) is 6. The van der Waals surface area contributed by atoms with Gasteiger partial charge in [0.1, 0.15) is 12.4 Å². The summed E-state index contributed by atoms with van der Waals surface area (Å²) in [5.41, 5.74) is 0. The van der Waals surface area contributed by atoms with Crippen molar-refractivity contribution in [2.24, 2.45) is 14.1 Å². The molecule has 0 aliphatic carbocycles. The topological polar surface area (TPSA) is 180 Å². The number of amides is 2. The monoisotopic (exact) mass is 394 g/mol. The van der Waals surface area contributed by atoms with Gasteiger partial charge in [0.15, 0.2) is 0 Å². The quantitative estimate of drug-likeness (QED) is 0.336. The van der Waals surface area contributed by atoms with Gasteiger partial charge < -0.3 is 40.0 Å². The van der Waals surface area contributed by atoms with E-state index in [1.807, 2.05) is 0 Å². The van der Waals surface area contributed by atoms with Gasteiger partial charge in [-0.1, -0.05) is 0 Å². The average Bonchev–Trinajstić information content (AvgIpc) is 3.21. The normalized spacial score (nSPS) is 10.5. The Kier molecular flexibility index (Phi) is 6.36. The number of carbonyl (C=O) groups excluding carboxylic acids is 2. The van der Waals surface area contributed by atoms with E-state index in [1.165, 1.54) is 23.2 Å². The van der Waals surface area contributed by atoms with Crippen LogP contribution in [-0.2, 0) is 14.1 Å². The molecular weight excluding hydrogens is 376 g/mol. The fraction of sp³-hybridized carbons (Fsp3) is 0.429. The molecule has 2 aromatic rings. The van der Waals surface area contributed by atoms with Crippen LogP contribution in [-0.4, -0.2) is 53.9 Å². The summed E-state index contributed by atoms with van der Waals surface area (Å²) in [7, 11) is 2.96. The van der Waals surface area contributed by atoms with Crippen molar-refractivity contribution in [3.05, 3.63) is 44.3 Å². The Labute approximate surface area is 157 Å². The van der Waals surface area contributed by atoms with Crippen molar-refractivity contribution in [2.45, 2.75) is 12.8 Å². The number of aromatic nitrogens is 4. The molecular formula is C14H18N8O6. The molecule has 0 bridgehead atoms. The molecule has 0 aliphatic heterocycles. The molecule has 0 aliphatic rings. The number of hydrogen-bond acceptors (Lipinski definition) is 8. The minimum Gasteiger partial charge on any atom is -0.358 e. The maximum Gasteiger partial charge on any atom is 0.382 e. The van der Waals surface area contributed by atoms with E-state index >= 15 is 0 Å². The maximum absolute atomic E-state index is 12.0. The van der Waals surface area contributed by atoms with Gasteiger partial charge in [-0.2, -0.15) is 0 Å². The van der Waals surface area contributed by atoms with Crippen LogP contribution in [0.3, 0.4) is 0 Å². The molecule has 14 nitrogen and oxygen atoms in total. The smallest absolute Gasteiger partial charge is 0.358 e. The lowest BCUT2D eigenvalue weighted by atomic mass is 10.3. The summed E-state index contributed by atoms with van der Waals surface area (Å²) in [5.74, 6) is -2.05. The number of carbonyl (C=O) groups is 2. The van der Waals surface area contributed by atoms with Crippen LogP contribution in [0.4, 0.5) is 11.6 Å². The summed E-state index contributed by atoms with van der Waals surface area (Å²) in [6, 6.07) is 0. The van der Waals surface area contributed by atoms with E-state index in [2.05, 4.69) is 20.6 Å². The first-order valence-corrected chi connectivity index (χ1v) is 8.12. The molecule has 2 aromatic heterocycles. The van der Waals surface area contributed by atoms with Crippen LogP contribution >= 0.6 is 0 Å². The molecule has 0 radical (unpaired) electrons. The van der Waals surface area contributed by atoms with Gasteiger partial charge in [-0.05, 0) is 32.7 Å². The van der Waals surface area contributed by atoms with Gasteiger partial charge in [-0.15, -0.1) is 0 Å². The molecule has 2 rings (SSSR count). The molecule has 2 N–H and O–H groups in total. The summed E-state index contributed by atoms with van der Waals surface area (Å²) < 4.78 is 2.53. The number of unbranched alkanes of at least 4 members (excludes halogenated alkanes) is 1. The largest absolute Gasteiger partial charge is 0.382 e. The van der Waals surface area contributed by atoms with Gasteiger partial charge in [0.2, 0.25) is 0 Å². The minimum atomic E-state index is -0.685. The van der Waals surface area contributed by atoms with Crippen molar-refractivity contribution < 1.29 is 19.4 Å². The number of rotatable bonds is 9. The first-order chi connectivity index (χ1) is 13.2. The van der Waals surface area contributed by atoms with Gasteiger partial charge in [-0.3, -0.25) is 9.59 Å². The van der Waals surface area contributed by atoms with Crippen LogP contribution in [0, 0.1) is 20.2 Å². The Bertz CT molecular complexity index is 843. The molecule has 0 spiro atoms. The lowest BCUT2D eigenvalue weighted by molar-refractivity contribution is -0.389. The van der Waals surface area contributed by atoms with Crippen molar-refractivity contribution in [2.75, 3.05) is 13.1 Å². The van der Waals surface area contributed by atoms with E-state index in [4.69, 9.17) is 0 Å². The summed E-state index contributed by atoms with van der Waals surface area (Å²) in [4.78, 5) is 51.2. The van der Waals surface area contributed by atoms with Crippen LogP contribution in [0.25, 0.3) is 0 Å². The van der Waals surface area contributed by atoms with Crippen LogP contribution in [0.2, 0.25) is 0 Å². The number of nitrogens with one attached hydrogen (secondary N) is 2. The summed E-state index contributed by atoms with van der Waals surface area (Å²) >= 11 is 0. The van der Waals surface area contributed by atoms with Crippen LogP contribution in [0.15, 0.2) is 12.4 Å². The lowest BCUT2D eigenvalue weighted by Crippen LogP contribution is -2.29. The lowest BCUT2D eigenvalue weighted by Gasteiger charge is -2.04. The molecule has 0 unspecified atom stereocenters. The molecule has 150 valence electrons. The second-order valence-electron chi connectivity index (χ2n) is 5.80. The molecule has 0 saturated heterocycles. The van der Waals surface area contributed by atoms with E-state index in [1.54, 1.807) is 0 Å². The molecule has 0 saturated carbocycles. The highest BCUT2D eigenvalue weighted by Gasteiger charge is 2.23. The summed E-state index contributed by atoms with van der Waals surface area (Å²) in [6.07, 6.45) is 3.34. The predicted molar refractivity (Wildman–Crippen MR) is 93.6 cm³/mol. The average molecular weight is 394 g/mol. The van der Waals surface area contributed by atoms with Gasteiger partial charge >= 0.3 is 35.1 Å². The zero-order chi connectivity index (χ0) is 20.8. The van der Waals surface area contributed by atoms with Crippen LogP contribution in [0.1, 0.15) is 34.1 Å². The fourth-order valence-electron chi connectivity index (χ4n) is 2.31. The molecule has 2 amide bonds. The molecule has 14 heteroatoms. The number of aryl methyl sites for hydroxylation is 2. The fourth-order valence-corrected chi connectivity index (χ4v) is 2.31. The maximum atomic E-state index is 12.0. The van der Waals surface area contributed by atoms with Gasteiger partial charge in [0.25, 0.3) is 0 Å². The molecule has 0 atom stereocenters. The Hall–Kier alpha value is -3.84. The van der Waals surface area contributed by atoms with Crippen molar-refractivity contribution in [3.8, 4) is 0 Å². The molecule has 2 heterocycles. The van der Waals surface area contributed by atoms with Crippen molar-refractivity contribution >= 4 is 23.5 Å². The van der Waals surface area contributed by atoms with E-state index in [0.717, 1.165) is 12.4 Å². The Balaban J connectivity index is 1.72.